The maximum absolute atomic E-state index is 12.7. The summed E-state index contributed by atoms with van der Waals surface area (Å²) in [5, 5.41) is 0. The van der Waals surface area contributed by atoms with Gasteiger partial charge in [0.2, 0.25) is 11.6 Å². The zero-order valence-electron chi connectivity index (χ0n) is 15.5. The van der Waals surface area contributed by atoms with Crippen LogP contribution < -0.4 is 0 Å². The summed E-state index contributed by atoms with van der Waals surface area (Å²) in [7, 11) is 0. The van der Waals surface area contributed by atoms with E-state index in [0.717, 1.165) is 25.7 Å². The van der Waals surface area contributed by atoms with Crippen LogP contribution in [0.25, 0.3) is 0 Å². The first-order chi connectivity index (χ1) is 11.8. The Hall–Kier alpha value is -1.77. The summed E-state index contributed by atoms with van der Waals surface area (Å²) >= 11 is 0. The average Bonchev–Trinajstić information content (AvgIpc) is 2.64. The molecule has 0 amide bonds. The van der Waals surface area contributed by atoms with Gasteiger partial charge in [-0.3, -0.25) is 14.4 Å². The molecule has 3 rings (SSSR count). The maximum atomic E-state index is 12.7. The van der Waals surface area contributed by atoms with Gasteiger partial charge in [-0.1, -0.05) is 64.3 Å². The van der Waals surface area contributed by atoms with Crippen molar-refractivity contribution in [1.82, 2.24) is 0 Å². The Labute approximate surface area is 150 Å². The summed E-state index contributed by atoms with van der Waals surface area (Å²) in [5.41, 5.74) is 1.07. The number of carbonyl (C=O) groups excluding carboxylic acids is 3. The summed E-state index contributed by atoms with van der Waals surface area (Å²) in [6.45, 7) is 6.91. The Balaban J connectivity index is 1.69. The molecular weight excluding hydrogens is 312 g/mol. The number of hydrogen-bond acceptors (Lipinski definition) is 3. The Morgan fingerprint density at radius 3 is 2.12 bits per heavy atom. The molecule has 2 aliphatic carbocycles. The minimum Gasteiger partial charge on any atom is -0.293 e. The Morgan fingerprint density at radius 1 is 0.920 bits per heavy atom. The minimum absolute atomic E-state index is 0.156. The molecule has 1 saturated carbocycles. The van der Waals surface area contributed by atoms with Crippen molar-refractivity contribution in [2.75, 3.05) is 0 Å². The topological polar surface area (TPSA) is 51.2 Å². The van der Waals surface area contributed by atoms with Crippen LogP contribution in [-0.2, 0) is 4.79 Å². The van der Waals surface area contributed by atoms with Crippen LogP contribution in [-0.4, -0.2) is 17.3 Å². The third-order valence-corrected chi connectivity index (χ3v) is 6.73. The van der Waals surface area contributed by atoms with Crippen LogP contribution in [0.1, 0.15) is 80.0 Å². The van der Waals surface area contributed by atoms with Gasteiger partial charge < -0.3 is 0 Å². The smallest absolute Gasteiger partial charge is 0.230 e. The van der Waals surface area contributed by atoms with Crippen LogP contribution >= 0.6 is 0 Å². The largest absolute Gasteiger partial charge is 0.293 e. The maximum Gasteiger partial charge on any atom is 0.230 e. The fourth-order valence-electron chi connectivity index (χ4n) is 4.51. The normalized spacial score (nSPS) is 27.3. The number of fused-ring (bicyclic) bond motifs is 1. The van der Waals surface area contributed by atoms with Crippen LogP contribution in [0.4, 0.5) is 0 Å². The van der Waals surface area contributed by atoms with Gasteiger partial charge in [-0.25, -0.2) is 0 Å². The molecular formula is C22H28O3. The van der Waals surface area contributed by atoms with Crippen molar-refractivity contribution in [2.45, 2.75) is 59.3 Å². The van der Waals surface area contributed by atoms with E-state index in [1.807, 2.05) is 0 Å². The van der Waals surface area contributed by atoms with E-state index in [0.29, 0.717) is 29.2 Å². The number of rotatable bonds is 4. The fourth-order valence-corrected chi connectivity index (χ4v) is 4.51. The monoisotopic (exact) mass is 340 g/mol. The lowest BCUT2D eigenvalue weighted by Gasteiger charge is -2.39. The van der Waals surface area contributed by atoms with Crippen molar-refractivity contribution >= 4 is 17.3 Å². The molecule has 25 heavy (non-hydrogen) atoms. The fraction of sp³-hybridized carbons (Fsp3) is 0.591. The minimum atomic E-state index is -0.761. The summed E-state index contributed by atoms with van der Waals surface area (Å²) in [5.74, 6) is -0.811. The number of carbonyl (C=O) groups is 3. The molecule has 134 valence electrons. The second-order valence-electron chi connectivity index (χ2n) is 8.45. The molecule has 0 N–H and O–H groups in total. The van der Waals surface area contributed by atoms with Crippen molar-refractivity contribution in [3.05, 3.63) is 35.4 Å². The van der Waals surface area contributed by atoms with E-state index in [-0.39, 0.29) is 11.3 Å². The lowest BCUT2D eigenvalue weighted by Crippen LogP contribution is -2.38. The zero-order valence-corrected chi connectivity index (χ0v) is 15.5. The molecule has 3 heteroatoms. The highest BCUT2D eigenvalue weighted by atomic mass is 16.2. The molecule has 1 aromatic carbocycles. The Bertz CT molecular complexity index is 693. The first-order valence-electron chi connectivity index (χ1n) is 9.57. The Kier molecular flexibility index (Phi) is 4.95. The van der Waals surface area contributed by atoms with E-state index in [1.165, 1.54) is 6.42 Å². The van der Waals surface area contributed by atoms with Gasteiger partial charge >= 0.3 is 0 Å². The molecule has 1 aromatic rings. The first kappa shape index (κ1) is 18.0. The van der Waals surface area contributed by atoms with Crippen molar-refractivity contribution in [2.24, 2.45) is 23.2 Å². The predicted octanol–water partition coefficient (Wildman–Crippen LogP) is 4.88. The molecule has 0 bridgehead atoms. The van der Waals surface area contributed by atoms with Crippen LogP contribution in [0.15, 0.2) is 24.3 Å². The van der Waals surface area contributed by atoms with Crippen LogP contribution in [0.3, 0.4) is 0 Å². The molecule has 0 radical (unpaired) electrons. The van der Waals surface area contributed by atoms with Crippen LogP contribution in [0.2, 0.25) is 0 Å². The van der Waals surface area contributed by atoms with E-state index in [4.69, 9.17) is 0 Å². The van der Waals surface area contributed by atoms with Gasteiger partial charge in [-0.15, -0.1) is 0 Å². The van der Waals surface area contributed by atoms with Crippen LogP contribution in [0, 0.1) is 23.2 Å². The Morgan fingerprint density at radius 2 is 1.52 bits per heavy atom. The van der Waals surface area contributed by atoms with Gasteiger partial charge in [0.15, 0.2) is 5.78 Å². The summed E-state index contributed by atoms with van der Waals surface area (Å²) < 4.78 is 0. The number of hydrogen-bond donors (Lipinski definition) is 0. The number of Topliss-reactive ketones (excluding diaryl/α,β-unsaturated/α-hetero) is 3. The highest BCUT2D eigenvalue weighted by molar-refractivity contribution is 6.51. The highest BCUT2D eigenvalue weighted by Gasteiger charge is 2.42. The summed E-state index contributed by atoms with van der Waals surface area (Å²) in [6.07, 6.45) is 6.14. The van der Waals surface area contributed by atoms with Crippen LogP contribution in [0.5, 0.6) is 0 Å². The van der Waals surface area contributed by atoms with E-state index >= 15 is 0 Å². The van der Waals surface area contributed by atoms with Gasteiger partial charge in [-0.05, 0) is 36.5 Å². The van der Waals surface area contributed by atoms with Gasteiger partial charge in [0.25, 0.3) is 0 Å². The molecule has 0 aliphatic heterocycles. The van der Waals surface area contributed by atoms with E-state index in [1.54, 1.807) is 24.3 Å². The third-order valence-electron chi connectivity index (χ3n) is 6.73. The quantitative estimate of drug-likeness (QED) is 0.579. The molecule has 0 heterocycles. The second kappa shape index (κ2) is 6.86. The standard InChI is InChI=1S/C22H28O3/c1-4-22(2,3)15-11-9-14(10-12-15)13-18-19(23)16-7-5-6-8-17(16)20(24)21(18)25/h5-8,14-15,18H,4,9-13H2,1-3H3. The number of ketones is 3. The van der Waals surface area contributed by atoms with Crippen molar-refractivity contribution < 1.29 is 14.4 Å². The van der Waals surface area contributed by atoms with Crippen molar-refractivity contribution in [1.29, 1.82) is 0 Å². The molecule has 1 fully saturated rings. The SMILES string of the molecule is CCC(C)(C)C1CCC(CC2C(=O)C(=O)c3ccccc3C2=O)CC1. The highest BCUT2D eigenvalue weighted by Crippen LogP contribution is 2.44. The van der Waals surface area contributed by atoms with E-state index < -0.39 is 17.5 Å². The van der Waals surface area contributed by atoms with Crippen molar-refractivity contribution in [3.63, 3.8) is 0 Å². The van der Waals surface area contributed by atoms with Gasteiger partial charge in [0.05, 0.1) is 5.92 Å². The second-order valence-corrected chi connectivity index (χ2v) is 8.45. The lowest BCUT2D eigenvalue weighted by atomic mass is 9.65. The van der Waals surface area contributed by atoms with Gasteiger partial charge in [0.1, 0.15) is 0 Å². The summed E-state index contributed by atoms with van der Waals surface area (Å²) in [4.78, 5) is 37.5. The van der Waals surface area contributed by atoms with Gasteiger partial charge in [0, 0.05) is 11.1 Å². The lowest BCUT2D eigenvalue weighted by molar-refractivity contribution is -0.118. The van der Waals surface area contributed by atoms with E-state index in [2.05, 4.69) is 20.8 Å². The molecule has 3 nitrogen and oxygen atoms in total. The van der Waals surface area contributed by atoms with Crippen molar-refractivity contribution in [3.8, 4) is 0 Å². The van der Waals surface area contributed by atoms with E-state index in [9.17, 15) is 14.4 Å². The molecule has 0 aromatic heterocycles. The zero-order chi connectivity index (χ0) is 18.2. The third kappa shape index (κ3) is 3.33. The average molecular weight is 340 g/mol. The molecule has 2 aliphatic rings. The molecule has 1 unspecified atom stereocenters. The molecule has 1 atom stereocenters. The summed E-state index contributed by atoms with van der Waals surface area (Å²) in [6, 6.07) is 6.72. The molecule has 0 saturated heterocycles. The molecule has 0 spiro atoms. The van der Waals surface area contributed by atoms with Gasteiger partial charge in [-0.2, -0.15) is 0 Å². The first-order valence-corrected chi connectivity index (χ1v) is 9.57. The predicted molar refractivity (Wildman–Crippen MR) is 97.7 cm³/mol. The number of benzene rings is 1.